The first-order chi connectivity index (χ1) is 8.54. The fraction of sp³-hybridized carbons (Fsp3) is 0.571. The summed E-state index contributed by atoms with van der Waals surface area (Å²) in [6, 6.07) is 6.59. The van der Waals surface area contributed by atoms with Crippen molar-refractivity contribution in [3.8, 4) is 0 Å². The van der Waals surface area contributed by atoms with Crippen LogP contribution in [-0.4, -0.2) is 24.0 Å². The molecule has 2 N–H and O–H groups in total. The molecule has 0 saturated carbocycles. The average molecular weight is 287 g/mol. The normalized spacial score (nSPS) is 25.0. The molecule has 0 radical (unpaired) electrons. The van der Waals surface area contributed by atoms with Crippen LogP contribution in [0.5, 0.6) is 0 Å². The third kappa shape index (κ3) is 2.67. The summed E-state index contributed by atoms with van der Waals surface area (Å²) >= 11 is 12.3. The molecule has 2 nitrogen and oxygen atoms in total. The molecule has 4 heteroatoms. The Labute approximate surface area is 119 Å². The third-order valence-corrected chi connectivity index (χ3v) is 4.37. The molecule has 1 heterocycles. The number of likely N-dealkylation sites (tertiary alicyclic amines) is 1. The van der Waals surface area contributed by atoms with Crippen LogP contribution in [0.4, 0.5) is 0 Å². The molecule has 2 unspecified atom stereocenters. The van der Waals surface area contributed by atoms with Gasteiger partial charge in [-0.25, -0.2) is 0 Å². The molecule has 1 aliphatic rings. The maximum absolute atomic E-state index is 6.35. The molecule has 0 bridgehead atoms. The molecule has 0 spiro atoms. The first-order valence-electron chi connectivity index (χ1n) is 6.45. The summed E-state index contributed by atoms with van der Waals surface area (Å²) < 4.78 is 0. The van der Waals surface area contributed by atoms with Gasteiger partial charge in [-0.1, -0.05) is 29.3 Å². The van der Waals surface area contributed by atoms with Gasteiger partial charge in [0.15, 0.2) is 0 Å². The van der Waals surface area contributed by atoms with Crippen LogP contribution >= 0.6 is 23.2 Å². The lowest BCUT2D eigenvalue weighted by Crippen LogP contribution is -2.33. The smallest absolute Gasteiger partial charge is 0.0468 e. The standard InChI is InChI=1S/C14H20Cl2N2/c1-9(2)18-6-5-10(8-17)14(18)12-4-3-11(15)7-13(12)16/h3-4,7,9-10,14H,5-6,8,17H2,1-2H3. The van der Waals surface area contributed by atoms with E-state index < -0.39 is 0 Å². The van der Waals surface area contributed by atoms with E-state index in [4.69, 9.17) is 28.9 Å². The van der Waals surface area contributed by atoms with Gasteiger partial charge in [0, 0.05) is 22.1 Å². The second-order valence-electron chi connectivity index (χ2n) is 5.23. The quantitative estimate of drug-likeness (QED) is 0.918. The molecule has 1 saturated heterocycles. The highest BCUT2D eigenvalue weighted by Gasteiger charge is 2.36. The molecule has 1 aromatic rings. The summed E-state index contributed by atoms with van der Waals surface area (Å²) in [6.45, 7) is 6.22. The number of nitrogens with zero attached hydrogens (tertiary/aromatic N) is 1. The van der Waals surface area contributed by atoms with Gasteiger partial charge in [-0.3, -0.25) is 4.90 Å². The highest BCUT2D eigenvalue weighted by molar-refractivity contribution is 6.35. The maximum atomic E-state index is 6.35. The van der Waals surface area contributed by atoms with Crippen molar-refractivity contribution in [2.24, 2.45) is 11.7 Å². The number of nitrogens with two attached hydrogens (primary N) is 1. The topological polar surface area (TPSA) is 29.3 Å². The fourth-order valence-electron chi connectivity index (χ4n) is 2.88. The van der Waals surface area contributed by atoms with E-state index in [-0.39, 0.29) is 0 Å². The Hall–Kier alpha value is -0.280. The number of hydrogen-bond acceptors (Lipinski definition) is 2. The number of halogens is 2. The summed E-state index contributed by atoms with van der Waals surface area (Å²) in [5.74, 6) is 0.478. The highest BCUT2D eigenvalue weighted by Crippen LogP contribution is 2.41. The zero-order valence-electron chi connectivity index (χ0n) is 10.9. The zero-order valence-corrected chi connectivity index (χ0v) is 12.4. The Balaban J connectivity index is 2.37. The van der Waals surface area contributed by atoms with E-state index in [0.29, 0.717) is 29.6 Å². The van der Waals surface area contributed by atoms with E-state index in [2.05, 4.69) is 18.7 Å². The first kappa shape index (κ1) is 14.1. The van der Waals surface area contributed by atoms with E-state index >= 15 is 0 Å². The van der Waals surface area contributed by atoms with Gasteiger partial charge < -0.3 is 5.73 Å². The van der Waals surface area contributed by atoms with Gasteiger partial charge in [0.05, 0.1) is 0 Å². The monoisotopic (exact) mass is 286 g/mol. The second kappa shape index (κ2) is 5.79. The van der Waals surface area contributed by atoms with Crippen LogP contribution < -0.4 is 5.73 Å². The Kier molecular flexibility index (Phi) is 4.54. The van der Waals surface area contributed by atoms with Crippen molar-refractivity contribution in [2.75, 3.05) is 13.1 Å². The summed E-state index contributed by atoms with van der Waals surface area (Å²) in [7, 11) is 0. The Morgan fingerprint density at radius 2 is 2.11 bits per heavy atom. The largest absolute Gasteiger partial charge is 0.330 e. The number of rotatable bonds is 3. The van der Waals surface area contributed by atoms with Crippen LogP contribution in [0.2, 0.25) is 10.0 Å². The molecule has 0 aliphatic carbocycles. The molecule has 100 valence electrons. The average Bonchev–Trinajstić information content (AvgIpc) is 2.72. The van der Waals surface area contributed by atoms with Crippen LogP contribution in [0.3, 0.4) is 0 Å². The number of hydrogen-bond donors (Lipinski definition) is 1. The summed E-state index contributed by atoms with van der Waals surface area (Å²) in [4.78, 5) is 2.48. The number of benzene rings is 1. The van der Waals surface area contributed by atoms with E-state index in [1.165, 1.54) is 0 Å². The molecule has 18 heavy (non-hydrogen) atoms. The van der Waals surface area contributed by atoms with E-state index in [9.17, 15) is 0 Å². The van der Waals surface area contributed by atoms with E-state index in [0.717, 1.165) is 23.6 Å². The third-order valence-electron chi connectivity index (χ3n) is 3.81. The minimum absolute atomic E-state index is 0.319. The molecule has 2 atom stereocenters. The summed E-state index contributed by atoms with van der Waals surface area (Å²) in [6.07, 6.45) is 1.14. The lowest BCUT2D eigenvalue weighted by molar-refractivity contribution is 0.185. The van der Waals surface area contributed by atoms with Gasteiger partial charge in [-0.2, -0.15) is 0 Å². The Morgan fingerprint density at radius 3 is 2.67 bits per heavy atom. The van der Waals surface area contributed by atoms with Gasteiger partial charge in [0.25, 0.3) is 0 Å². The van der Waals surface area contributed by atoms with Gasteiger partial charge in [-0.15, -0.1) is 0 Å². The van der Waals surface area contributed by atoms with Crippen molar-refractivity contribution in [3.05, 3.63) is 33.8 Å². The molecular formula is C14H20Cl2N2. The Morgan fingerprint density at radius 1 is 1.39 bits per heavy atom. The predicted octanol–water partition coefficient (Wildman–Crippen LogP) is 3.72. The van der Waals surface area contributed by atoms with Crippen LogP contribution in [0.1, 0.15) is 31.9 Å². The minimum atomic E-state index is 0.319. The van der Waals surface area contributed by atoms with Crippen molar-refractivity contribution in [3.63, 3.8) is 0 Å². The van der Waals surface area contributed by atoms with Crippen molar-refractivity contribution in [1.29, 1.82) is 0 Å². The van der Waals surface area contributed by atoms with Crippen molar-refractivity contribution in [2.45, 2.75) is 32.4 Å². The molecule has 0 aromatic heterocycles. The zero-order chi connectivity index (χ0) is 13.3. The lowest BCUT2D eigenvalue weighted by atomic mass is 9.93. The van der Waals surface area contributed by atoms with Crippen molar-refractivity contribution >= 4 is 23.2 Å². The van der Waals surface area contributed by atoms with Gasteiger partial charge in [-0.05, 0) is 57.0 Å². The van der Waals surface area contributed by atoms with Gasteiger partial charge >= 0.3 is 0 Å². The Bertz CT molecular complexity index is 420. The van der Waals surface area contributed by atoms with E-state index in [1.807, 2.05) is 18.2 Å². The molecule has 1 fully saturated rings. The van der Waals surface area contributed by atoms with Crippen LogP contribution in [0, 0.1) is 5.92 Å². The second-order valence-corrected chi connectivity index (χ2v) is 6.07. The van der Waals surface area contributed by atoms with Crippen LogP contribution in [0.25, 0.3) is 0 Å². The summed E-state index contributed by atoms with van der Waals surface area (Å²) in [5.41, 5.74) is 7.06. The molecule has 1 aliphatic heterocycles. The lowest BCUT2D eigenvalue weighted by Gasteiger charge is -2.32. The first-order valence-corrected chi connectivity index (χ1v) is 7.21. The molecule has 2 rings (SSSR count). The minimum Gasteiger partial charge on any atom is -0.330 e. The van der Waals surface area contributed by atoms with Crippen molar-refractivity contribution in [1.82, 2.24) is 4.90 Å². The summed E-state index contributed by atoms with van der Waals surface area (Å²) in [5, 5.41) is 1.43. The fourth-order valence-corrected chi connectivity index (χ4v) is 3.40. The SMILES string of the molecule is CC(C)N1CCC(CN)C1c1ccc(Cl)cc1Cl. The predicted molar refractivity (Wildman–Crippen MR) is 78.2 cm³/mol. The van der Waals surface area contributed by atoms with Gasteiger partial charge in [0.2, 0.25) is 0 Å². The van der Waals surface area contributed by atoms with Gasteiger partial charge in [0.1, 0.15) is 0 Å². The molecule has 1 aromatic carbocycles. The molecular weight excluding hydrogens is 267 g/mol. The van der Waals surface area contributed by atoms with Crippen molar-refractivity contribution < 1.29 is 0 Å². The van der Waals surface area contributed by atoms with E-state index in [1.54, 1.807) is 0 Å². The maximum Gasteiger partial charge on any atom is 0.0468 e. The molecule has 0 amide bonds. The van der Waals surface area contributed by atoms with Crippen LogP contribution in [-0.2, 0) is 0 Å². The highest BCUT2D eigenvalue weighted by atomic mass is 35.5. The van der Waals surface area contributed by atoms with Crippen LogP contribution in [0.15, 0.2) is 18.2 Å².